The second-order valence-corrected chi connectivity index (χ2v) is 4.92. The fourth-order valence-corrected chi connectivity index (χ4v) is 2.96. The van der Waals surface area contributed by atoms with Crippen LogP contribution in [0.15, 0.2) is 0 Å². The van der Waals surface area contributed by atoms with Gasteiger partial charge >= 0.3 is 0 Å². The lowest BCUT2D eigenvalue weighted by molar-refractivity contribution is -0.0190. The predicted octanol–water partition coefficient (Wildman–Crippen LogP) is 0.473. The third-order valence-electron chi connectivity index (χ3n) is 4.08. The third-order valence-corrected chi connectivity index (χ3v) is 4.08. The predicted molar refractivity (Wildman–Crippen MR) is 63.7 cm³/mol. The van der Waals surface area contributed by atoms with Crippen LogP contribution in [-0.4, -0.2) is 63.0 Å². The van der Waals surface area contributed by atoms with E-state index in [1.807, 2.05) is 7.05 Å². The van der Waals surface area contributed by atoms with Crippen molar-refractivity contribution in [3.05, 3.63) is 0 Å². The van der Waals surface area contributed by atoms with E-state index in [4.69, 9.17) is 9.47 Å². The first kappa shape index (κ1) is 12.3. The second kappa shape index (κ2) is 5.45. The maximum Gasteiger partial charge on any atom is 0.0703 e. The molecule has 0 spiro atoms. The van der Waals surface area contributed by atoms with Crippen molar-refractivity contribution >= 4 is 0 Å². The molecule has 0 radical (unpaired) electrons. The minimum Gasteiger partial charge on any atom is -0.380 e. The van der Waals surface area contributed by atoms with E-state index >= 15 is 0 Å². The Morgan fingerprint density at radius 3 is 2.62 bits per heavy atom. The summed E-state index contributed by atoms with van der Waals surface area (Å²) in [5.41, 5.74) is 0. The van der Waals surface area contributed by atoms with Gasteiger partial charge in [-0.2, -0.15) is 0 Å². The minimum atomic E-state index is 0.351. The molecule has 94 valence electrons. The largest absolute Gasteiger partial charge is 0.380 e. The van der Waals surface area contributed by atoms with Crippen LogP contribution in [0.25, 0.3) is 0 Å². The van der Waals surface area contributed by atoms with Crippen molar-refractivity contribution in [3.8, 4) is 0 Å². The zero-order chi connectivity index (χ0) is 11.5. The van der Waals surface area contributed by atoms with Crippen LogP contribution in [0.2, 0.25) is 0 Å². The summed E-state index contributed by atoms with van der Waals surface area (Å²) in [5, 5.41) is 3.41. The Balaban J connectivity index is 1.98. The number of nitrogens with zero attached hydrogens (tertiary/aromatic N) is 1. The van der Waals surface area contributed by atoms with Gasteiger partial charge in [-0.3, -0.25) is 4.90 Å². The van der Waals surface area contributed by atoms with Crippen LogP contribution in [0.5, 0.6) is 0 Å². The fourth-order valence-electron chi connectivity index (χ4n) is 2.96. The van der Waals surface area contributed by atoms with Crippen LogP contribution in [-0.2, 0) is 9.47 Å². The maximum absolute atomic E-state index is 5.64. The highest BCUT2D eigenvalue weighted by molar-refractivity contribution is 4.91. The number of hydrogen-bond acceptors (Lipinski definition) is 4. The van der Waals surface area contributed by atoms with Gasteiger partial charge in [0.25, 0.3) is 0 Å². The Bertz CT molecular complexity index is 225. The quantitative estimate of drug-likeness (QED) is 0.761. The van der Waals surface area contributed by atoms with Crippen LogP contribution in [0, 0.1) is 0 Å². The summed E-state index contributed by atoms with van der Waals surface area (Å²) in [6.45, 7) is 4.79. The average Bonchev–Trinajstić information content (AvgIpc) is 2.74. The lowest BCUT2D eigenvalue weighted by Gasteiger charge is -2.41. The first-order valence-electron chi connectivity index (χ1n) is 6.32. The van der Waals surface area contributed by atoms with E-state index in [9.17, 15) is 0 Å². The molecule has 0 aromatic carbocycles. The summed E-state index contributed by atoms with van der Waals surface area (Å²) in [7, 11) is 4.25. The molecule has 0 bridgehead atoms. The topological polar surface area (TPSA) is 33.7 Å². The summed E-state index contributed by atoms with van der Waals surface area (Å²) < 4.78 is 11.3. The van der Waals surface area contributed by atoms with Crippen molar-refractivity contribution in [3.63, 3.8) is 0 Å². The molecule has 2 aliphatic rings. The molecule has 0 aromatic heterocycles. The molecule has 2 fully saturated rings. The molecule has 0 aromatic rings. The molecule has 2 aliphatic heterocycles. The fraction of sp³-hybridized carbons (Fsp3) is 1.00. The van der Waals surface area contributed by atoms with Crippen molar-refractivity contribution in [2.45, 2.75) is 44.0 Å². The molecule has 4 heteroatoms. The molecule has 0 amide bonds. The molecule has 0 saturated carbocycles. The van der Waals surface area contributed by atoms with E-state index in [1.54, 1.807) is 0 Å². The van der Waals surface area contributed by atoms with Gasteiger partial charge in [0.05, 0.1) is 12.7 Å². The van der Waals surface area contributed by atoms with Gasteiger partial charge in [-0.25, -0.2) is 0 Å². The molecule has 4 unspecified atom stereocenters. The Kier molecular flexibility index (Phi) is 4.19. The lowest BCUT2D eigenvalue weighted by Crippen LogP contribution is -2.57. The molecule has 2 saturated heterocycles. The molecule has 16 heavy (non-hydrogen) atoms. The van der Waals surface area contributed by atoms with E-state index in [0.717, 1.165) is 32.7 Å². The summed E-state index contributed by atoms with van der Waals surface area (Å²) in [4.78, 5) is 2.46. The number of rotatable bonds is 3. The molecule has 4 nitrogen and oxygen atoms in total. The zero-order valence-corrected chi connectivity index (χ0v) is 10.6. The van der Waals surface area contributed by atoms with Gasteiger partial charge in [0.2, 0.25) is 0 Å². The maximum atomic E-state index is 5.64. The molecule has 0 aliphatic carbocycles. The first-order chi connectivity index (χ1) is 7.74. The Morgan fingerprint density at radius 1 is 1.19 bits per heavy atom. The van der Waals surface area contributed by atoms with Gasteiger partial charge in [-0.1, -0.05) is 0 Å². The second-order valence-electron chi connectivity index (χ2n) is 4.92. The van der Waals surface area contributed by atoms with Gasteiger partial charge in [0.15, 0.2) is 0 Å². The number of likely N-dealkylation sites (N-methyl/N-ethyl adjacent to an activating group) is 2. The van der Waals surface area contributed by atoms with Gasteiger partial charge in [0.1, 0.15) is 0 Å². The Morgan fingerprint density at radius 2 is 2.00 bits per heavy atom. The average molecular weight is 228 g/mol. The number of nitrogens with one attached hydrogen (secondary N) is 1. The van der Waals surface area contributed by atoms with Crippen LogP contribution in [0.4, 0.5) is 0 Å². The standard InChI is InChI=1S/C12H24N2O2/c1-9-11(5-7-16-9)14(3)12-8-15-6-4-10(12)13-2/h9-13H,4-8H2,1-3H3. The summed E-state index contributed by atoms with van der Waals surface area (Å²) in [6.07, 6.45) is 2.60. The van der Waals surface area contributed by atoms with Gasteiger partial charge < -0.3 is 14.8 Å². The highest BCUT2D eigenvalue weighted by Crippen LogP contribution is 2.23. The van der Waals surface area contributed by atoms with Crippen molar-refractivity contribution in [2.75, 3.05) is 33.9 Å². The highest BCUT2D eigenvalue weighted by Gasteiger charge is 2.36. The van der Waals surface area contributed by atoms with Crippen molar-refractivity contribution in [1.82, 2.24) is 10.2 Å². The highest BCUT2D eigenvalue weighted by atomic mass is 16.5. The van der Waals surface area contributed by atoms with Crippen LogP contribution in [0.3, 0.4) is 0 Å². The summed E-state index contributed by atoms with van der Waals surface area (Å²) in [5.74, 6) is 0. The monoisotopic (exact) mass is 228 g/mol. The van der Waals surface area contributed by atoms with Crippen molar-refractivity contribution < 1.29 is 9.47 Å². The van der Waals surface area contributed by atoms with Gasteiger partial charge in [-0.05, 0) is 33.9 Å². The first-order valence-corrected chi connectivity index (χ1v) is 6.32. The SMILES string of the molecule is CNC1CCOCC1N(C)C1CCOC1C. The Labute approximate surface area is 98.3 Å². The van der Waals surface area contributed by atoms with Gasteiger partial charge in [0, 0.05) is 31.3 Å². The normalized spacial score (nSPS) is 40.5. The van der Waals surface area contributed by atoms with E-state index in [1.165, 1.54) is 0 Å². The lowest BCUT2D eigenvalue weighted by atomic mass is 9.99. The van der Waals surface area contributed by atoms with E-state index in [-0.39, 0.29) is 0 Å². The van der Waals surface area contributed by atoms with E-state index in [0.29, 0.717) is 24.2 Å². The zero-order valence-electron chi connectivity index (χ0n) is 10.6. The molecule has 2 rings (SSSR count). The van der Waals surface area contributed by atoms with Crippen LogP contribution in [0.1, 0.15) is 19.8 Å². The molecule has 4 atom stereocenters. The Hall–Kier alpha value is -0.160. The summed E-state index contributed by atoms with van der Waals surface area (Å²) >= 11 is 0. The van der Waals surface area contributed by atoms with Gasteiger partial charge in [-0.15, -0.1) is 0 Å². The number of ether oxygens (including phenoxy) is 2. The smallest absolute Gasteiger partial charge is 0.0703 e. The molecule has 2 heterocycles. The third kappa shape index (κ3) is 2.40. The van der Waals surface area contributed by atoms with Crippen LogP contribution >= 0.6 is 0 Å². The minimum absolute atomic E-state index is 0.351. The van der Waals surface area contributed by atoms with Crippen molar-refractivity contribution in [2.24, 2.45) is 0 Å². The molecular formula is C12H24N2O2. The molecule has 1 N–H and O–H groups in total. The van der Waals surface area contributed by atoms with Crippen molar-refractivity contribution in [1.29, 1.82) is 0 Å². The number of hydrogen-bond donors (Lipinski definition) is 1. The van der Waals surface area contributed by atoms with E-state index < -0.39 is 0 Å². The van der Waals surface area contributed by atoms with Crippen LogP contribution < -0.4 is 5.32 Å². The van der Waals surface area contributed by atoms with E-state index in [2.05, 4.69) is 24.2 Å². The molecular weight excluding hydrogens is 204 g/mol. The summed E-state index contributed by atoms with van der Waals surface area (Å²) in [6, 6.07) is 1.57.